The highest BCUT2D eigenvalue weighted by atomic mass is 32.1. The second kappa shape index (κ2) is 7.41. The SMILES string of the molecule is S=C(Nc1ccc2nc3c4ccccc4c4ccccc4c3nc2c1)N1CCOCC1. The van der Waals surface area contributed by atoms with E-state index < -0.39 is 0 Å². The molecule has 152 valence electrons. The van der Waals surface area contributed by atoms with Crippen molar-refractivity contribution in [1.82, 2.24) is 14.9 Å². The predicted molar refractivity (Wildman–Crippen MR) is 131 cm³/mol. The van der Waals surface area contributed by atoms with Gasteiger partial charge in [0.15, 0.2) is 5.11 Å². The van der Waals surface area contributed by atoms with Crippen LogP contribution in [0, 0.1) is 0 Å². The van der Waals surface area contributed by atoms with Gasteiger partial charge in [-0.25, -0.2) is 9.97 Å². The molecule has 1 aromatic heterocycles. The summed E-state index contributed by atoms with van der Waals surface area (Å²) in [5.74, 6) is 0. The van der Waals surface area contributed by atoms with Crippen LogP contribution in [0.4, 0.5) is 5.69 Å². The van der Waals surface area contributed by atoms with Crippen LogP contribution in [0.3, 0.4) is 0 Å². The van der Waals surface area contributed by atoms with Crippen molar-refractivity contribution in [2.75, 3.05) is 31.6 Å². The highest BCUT2D eigenvalue weighted by molar-refractivity contribution is 7.80. The minimum Gasteiger partial charge on any atom is -0.378 e. The van der Waals surface area contributed by atoms with Gasteiger partial charge in [-0.05, 0) is 41.2 Å². The van der Waals surface area contributed by atoms with Crippen LogP contribution < -0.4 is 5.32 Å². The number of hydrogen-bond donors (Lipinski definition) is 1. The Morgan fingerprint density at radius 2 is 1.35 bits per heavy atom. The predicted octanol–water partition coefficient (Wildman–Crippen LogP) is 5.12. The molecule has 4 aromatic carbocycles. The second-order valence-corrected chi connectivity index (χ2v) is 8.13. The number of nitrogens with one attached hydrogen (secondary N) is 1. The van der Waals surface area contributed by atoms with E-state index in [-0.39, 0.29) is 0 Å². The van der Waals surface area contributed by atoms with Crippen LogP contribution in [-0.2, 0) is 4.74 Å². The summed E-state index contributed by atoms with van der Waals surface area (Å²) in [4.78, 5) is 12.2. The summed E-state index contributed by atoms with van der Waals surface area (Å²) in [6.45, 7) is 3.03. The summed E-state index contributed by atoms with van der Waals surface area (Å²) in [5, 5.41) is 8.71. The first-order valence-corrected chi connectivity index (χ1v) is 10.8. The number of ether oxygens (including phenoxy) is 1. The van der Waals surface area contributed by atoms with Gasteiger partial charge in [0.1, 0.15) is 0 Å². The van der Waals surface area contributed by atoms with Gasteiger partial charge in [0.05, 0.1) is 35.3 Å². The Morgan fingerprint density at radius 3 is 2.00 bits per heavy atom. The number of rotatable bonds is 1. The zero-order valence-electron chi connectivity index (χ0n) is 16.8. The van der Waals surface area contributed by atoms with Crippen LogP contribution in [0.1, 0.15) is 0 Å². The van der Waals surface area contributed by atoms with Gasteiger partial charge in [-0.2, -0.15) is 0 Å². The first-order valence-electron chi connectivity index (χ1n) is 10.4. The standard InChI is InChI=1S/C25H20N4OS/c31-25(29-11-13-30-14-12-29)26-16-9-10-21-22(15-16)28-24-20-8-4-2-6-18(20)17-5-1-3-7-19(17)23(24)27-21/h1-10,15H,11-14H2,(H,26,31). The number of benzene rings is 4. The molecular formula is C25H20N4OS. The van der Waals surface area contributed by atoms with Gasteiger partial charge in [-0.3, -0.25) is 0 Å². The van der Waals surface area contributed by atoms with Gasteiger partial charge in [-0.15, -0.1) is 0 Å². The fourth-order valence-electron chi connectivity index (χ4n) is 4.33. The van der Waals surface area contributed by atoms with Gasteiger partial charge in [0.25, 0.3) is 0 Å². The Morgan fingerprint density at radius 1 is 0.774 bits per heavy atom. The largest absolute Gasteiger partial charge is 0.378 e. The van der Waals surface area contributed by atoms with E-state index in [0.717, 1.165) is 51.6 Å². The molecule has 0 spiro atoms. The molecule has 1 aliphatic rings. The van der Waals surface area contributed by atoms with E-state index in [1.165, 1.54) is 10.8 Å². The van der Waals surface area contributed by atoms with Crippen molar-refractivity contribution < 1.29 is 4.74 Å². The fourth-order valence-corrected chi connectivity index (χ4v) is 4.63. The van der Waals surface area contributed by atoms with Crippen molar-refractivity contribution in [3.8, 4) is 0 Å². The molecular weight excluding hydrogens is 404 g/mol. The molecule has 0 aliphatic carbocycles. The van der Waals surface area contributed by atoms with Crippen LogP contribution in [-0.4, -0.2) is 46.3 Å². The molecule has 1 aliphatic heterocycles. The second-order valence-electron chi connectivity index (χ2n) is 7.75. The Kier molecular flexibility index (Phi) is 4.40. The highest BCUT2D eigenvalue weighted by Crippen LogP contribution is 2.34. The number of anilines is 1. The molecule has 0 amide bonds. The van der Waals surface area contributed by atoms with E-state index in [0.29, 0.717) is 18.3 Å². The summed E-state index contributed by atoms with van der Waals surface area (Å²) < 4.78 is 5.42. The summed E-state index contributed by atoms with van der Waals surface area (Å²) in [7, 11) is 0. The zero-order valence-corrected chi connectivity index (χ0v) is 17.7. The van der Waals surface area contributed by atoms with Gasteiger partial charge in [-0.1, -0.05) is 48.5 Å². The van der Waals surface area contributed by atoms with E-state index in [9.17, 15) is 0 Å². The Hall–Kier alpha value is -3.35. The number of thiocarbonyl (C=S) groups is 1. The molecule has 5 aromatic rings. The van der Waals surface area contributed by atoms with Crippen molar-refractivity contribution in [1.29, 1.82) is 0 Å². The van der Waals surface area contributed by atoms with Crippen molar-refractivity contribution in [2.24, 2.45) is 0 Å². The molecule has 6 heteroatoms. The van der Waals surface area contributed by atoms with E-state index in [1.807, 2.05) is 18.2 Å². The molecule has 0 saturated carbocycles. The smallest absolute Gasteiger partial charge is 0.173 e. The van der Waals surface area contributed by atoms with Crippen LogP contribution >= 0.6 is 12.2 Å². The molecule has 1 saturated heterocycles. The highest BCUT2D eigenvalue weighted by Gasteiger charge is 2.15. The number of nitrogens with zero attached hydrogens (tertiary/aromatic N) is 3. The van der Waals surface area contributed by atoms with Crippen molar-refractivity contribution in [2.45, 2.75) is 0 Å². The lowest BCUT2D eigenvalue weighted by Gasteiger charge is -2.29. The molecule has 6 rings (SSSR count). The fraction of sp³-hybridized carbons (Fsp3) is 0.160. The van der Waals surface area contributed by atoms with Crippen LogP contribution in [0.25, 0.3) is 43.6 Å². The Labute approximate surface area is 184 Å². The third-order valence-electron chi connectivity index (χ3n) is 5.87. The van der Waals surface area contributed by atoms with Crippen molar-refractivity contribution in [3.63, 3.8) is 0 Å². The summed E-state index contributed by atoms with van der Waals surface area (Å²) in [6.07, 6.45) is 0. The molecule has 0 atom stereocenters. The molecule has 5 nitrogen and oxygen atoms in total. The molecule has 0 bridgehead atoms. The third-order valence-corrected chi connectivity index (χ3v) is 6.23. The maximum atomic E-state index is 5.60. The molecule has 0 unspecified atom stereocenters. The summed E-state index contributed by atoms with van der Waals surface area (Å²) in [6, 6.07) is 22.9. The van der Waals surface area contributed by atoms with Crippen LogP contribution in [0.15, 0.2) is 66.7 Å². The van der Waals surface area contributed by atoms with E-state index >= 15 is 0 Å². The molecule has 0 radical (unpaired) electrons. The van der Waals surface area contributed by atoms with E-state index in [1.54, 1.807) is 0 Å². The quantitative estimate of drug-likeness (QED) is 0.229. The maximum Gasteiger partial charge on any atom is 0.173 e. The lowest BCUT2D eigenvalue weighted by atomic mass is 9.99. The van der Waals surface area contributed by atoms with Crippen molar-refractivity contribution >= 4 is 66.6 Å². The van der Waals surface area contributed by atoms with Gasteiger partial charge < -0.3 is 15.0 Å². The monoisotopic (exact) mass is 424 g/mol. The number of aromatic nitrogens is 2. The maximum absolute atomic E-state index is 5.60. The molecule has 2 heterocycles. The third kappa shape index (κ3) is 3.15. The van der Waals surface area contributed by atoms with E-state index in [2.05, 4.69) is 58.7 Å². The first kappa shape index (κ1) is 18.4. The van der Waals surface area contributed by atoms with E-state index in [4.69, 9.17) is 26.9 Å². The average Bonchev–Trinajstić information content (AvgIpc) is 2.84. The van der Waals surface area contributed by atoms with Crippen LogP contribution in [0.2, 0.25) is 0 Å². The van der Waals surface area contributed by atoms with Gasteiger partial charge in [0.2, 0.25) is 0 Å². The molecule has 31 heavy (non-hydrogen) atoms. The number of fused-ring (bicyclic) bond motifs is 7. The Balaban J connectivity index is 1.51. The first-order chi connectivity index (χ1) is 15.3. The average molecular weight is 425 g/mol. The molecule has 1 fully saturated rings. The molecule has 1 N–H and O–H groups in total. The topological polar surface area (TPSA) is 50.3 Å². The zero-order chi connectivity index (χ0) is 20.8. The lowest BCUT2D eigenvalue weighted by molar-refractivity contribution is 0.0690. The van der Waals surface area contributed by atoms with Gasteiger partial charge in [0, 0.05) is 29.5 Å². The van der Waals surface area contributed by atoms with Gasteiger partial charge >= 0.3 is 0 Å². The van der Waals surface area contributed by atoms with Crippen molar-refractivity contribution in [3.05, 3.63) is 66.7 Å². The summed E-state index contributed by atoms with van der Waals surface area (Å²) in [5.41, 5.74) is 4.50. The minimum atomic E-state index is 0.706. The number of morpholine rings is 1. The van der Waals surface area contributed by atoms with Crippen LogP contribution in [0.5, 0.6) is 0 Å². The summed E-state index contributed by atoms with van der Waals surface area (Å²) >= 11 is 5.60. The Bertz CT molecular complexity index is 1480. The normalized spacial score (nSPS) is 14.5. The lowest BCUT2D eigenvalue weighted by Crippen LogP contribution is -2.42. The number of hydrogen-bond acceptors (Lipinski definition) is 4. The minimum absolute atomic E-state index is 0.706.